The van der Waals surface area contributed by atoms with Crippen LogP contribution in [0.4, 0.5) is 0 Å². The molecule has 5 nitrogen and oxygen atoms in total. The number of hydrogen-bond acceptors (Lipinski definition) is 4. The number of carbonyl (C=O) groups is 1. The molecule has 0 bridgehead atoms. The molecule has 1 aliphatic carbocycles. The van der Waals surface area contributed by atoms with Crippen LogP contribution in [0.25, 0.3) is 0 Å². The summed E-state index contributed by atoms with van der Waals surface area (Å²) in [5.41, 5.74) is 0. The standard InChI is InChI=1S/C27H42O5/c1-4-5-7-12-20(2)16-17-22-21(3)19-24(28)23(22)13-8-6-9-14-25(27(29)30)32-26-15-10-11-18-31-26/h6,8,16-17,20-26,28H,7,9-15,18-19H2,1-3H3,(H,29,30)/t20?,21-,22+,23-,24+,25?,26?/m1/s1. The summed E-state index contributed by atoms with van der Waals surface area (Å²) in [6.07, 6.45) is 14.7. The second-order valence-electron chi connectivity index (χ2n) is 9.39. The van der Waals surface area contributed by atoms with Crippen molar-refractivity contribution in [2.45, 2.75) is 97.1 Å². The van der Waals surface area contributed by atoms with Gasteiger partial charge in [0, 0.05) is 13.0 Å². The van der Waals surface area contributed by atoms with Gasteiger partial charge in [-0.25, -0.2) is 4.79 Å². The lowest BCUT2D eigenvalue weighted by atomic mass is 9.86. The summed E-state index contributed by atoms with van der Waals surface area (Å²) in [7, 11) is 0. The Kier molecular flexibility index (Phi) is 12.1. The maximum absolute atomic E-state index is 11.5. The minimum atomic E-state index is -0.933. The second kappa shape index (κ2) is 14.5. The Morgan fingerprint density at radius 1 is 1.28 bits per heavy atom. The van der Waals surface area contributed by atoms with Crippen molar-refractivity contribution in [1.82, 2.24) is 0 Å². The van der Waals surface area contributed by atoms with Gasteiger partial charge in [-0.3, -0.25) is 0 Å². The predicted molar refractivity (Wildman–Crippen MR) is 127 cm³/mol. The molecule has 0 aromatic heterocycles. The van der Waals surface area contributed by atoms with Gasteiger partial charge in [0.2, 0.25) is 0 Å². The average molecular weight is 447 g/mol. The lowest BCUT2D eigenvalue weighted by molar-refractivity contribution is -0.201. The van der Waals surface area contributed by atoms with E-state index in [2.05, 4.69) is 43.9 Å². The zero-order valence-electron chi connectivity index (χ0n) is 20.0. The SMILES string of the molecule is CC#CCCC(C)C=C[C@@H]1[C@@H](CC=CCCC(OC2CCCCO2)C(=O)O)[C@@H](O)C[C@H]1C. The number of allylic oxidation sites excluding steroid dienone is 4. The van der Waals surface area contributed by atoms with Gasteiger partial charge in [0.05, 0.1) is 6.10 Å². The third-order valence-electron chi connectivity index (χ3n) is 6.72. The van der Waals surface area contributed by atoms with E-state index in [1.54, 1.807) is 0 Å². The van der Waals surface area contributed by atoms with E-state index < -0.39 is 18.4 Å². The number of carboxylic acids is 1. The number of hydrogen-bond donors (Lipinski definition) is 2. The molecule has 2 fully saturated rings. The van der Waals surface area contributed by atoms with E-state index in [1.807, 2.05) is 13.0 Å². The first kappa shape index (κ1) is 26.6. The van der Waals surface area contributed by atoms with Crippen LogP contribution in [-0.4, -0.2) is 41.3 Å². The Balaban J connectivity index is 1.80. The molecule has 2 N–H and O–H groups in total. The number of rotatable bonds is 12. The number of aliphatic carboxylic acids is 1. The van der Waals surface area contributed by atoms with Crippen molar-refractivity contribution >= 4 is 5.97 Å². The Morgan fingerprint density at radius 3 is 2.78 bits per heavy atom. The van der Waals surface area contributed by atoms with Gasteiger partial charge < -0.3 is 19.7 Å². The highest BCUT2D eigenvalue weighted by Crippen LogP contribution is 2.40. The Morgan fingerprint density at radius 2 is 2.09 bits per heavy atom. The Bertz CT molecular complexity index is 667. The molecule has 32 heavy (non-hydrogen) atoms. The lowest BCUT2D eigenvalue weighted by Gasteiger charge is -2.25. The van der Waals surface area contributed by atoms with Crippen LogP contribution in [-0.2, 0) is 14.3 Å². The highest BCUT2D eigenvalue weighted by atomic mass is 16.7. The molecule has 3 unspecified atom stereocenters. The fraction of sp³-hybridized carbons (Fsp3) is 0.741. The molecule has 2 aliphatic rings. The molecule has 0 spiro atoms. The molecule has 2 rings (SSSR count). The van der Waals surface area contributed by atoms with Crippen molar-refractivity contribution in [2.24, 2.45) is 23.7 Å². The van der Waals surface area contributed by atoms with E-state index in [-0.39, 0.29) is 12.0 Å². The average Bonchev–Trinajstić information content (AvgIpc) is 3.04. The van der Waals surface area contributed by atoms with Gasteiger partial charge in [0.15, 0.2) is 12.4 Å². The molecule has 7 atom stereocenters. The molecule has 180 valence electrons. The molecule has 0 amide bonds. The van der Waals surface area contributed by atoms with Crippen LogP contribution in [0.15, 0.2) is 24.3 Å². The summed E-state index contributed by atoms with van der Waals surface area (Å²) in [6.45, 7) is 6.95. The maximum Gasteiger partial charge on any atom is 0.332 e. The van der Waals surface area contributed by atoms with Gasteiger partial charge in [-0.05, 0) is 82.0 Å². The normalized spacial score (nSPS) is 30.3. The van der Waals surface area contributed by atoms with Crippen molar-refractivity contribution in [3.8, 4) is 11.8 Å². The first-order chi connectivity index (χ1) is 15.4. The van der Waals surface area contributed by atoms with Gasteiger partial charge in [0.1, 0.15) is 0 Å². The van der Waals surface area contributed by atoms with E-state index in [1.165, 1.54) is 0 Å². The van der Waals surface area contributed by atoms with Crippen molar-refractivity contribution < 1.29 is 24.5 Å². The fourth-order valence-corrected chi connectivity index (χ4v) is 4.75. The van der Waals surface area contributed by atoms with E-state index in [4.69, 9.17) is 9.47 Å². The summed E-state index contributed by atoms with van der Waals surface area (Å²) >= 11 is 0. The first-order valence-corrected chi connectivity index (χ1v) is 12.3. The van der Waals surface area contributed by atoms with Gasteiger partial charge in [-0.1, -0.05) is 38.2 Å². The summed E-state index contributed by atoms with van der Waals surface area (Å²) in [6, 6.07) is 0. The summed E-state index contributed by atoms with van der Waals surface area (Å²) < 4.78 is 11.2. The Hall–Kier alpha value is -1.61. The zero-order chi connectivity index (χ0) is 23.3. The zero-order valence-corrected chi connectivity index (χ0v) is 20.0. The molecule has 5 heteroatoms. The third kappa shape index (κ3) is 9.10. The monoisotopic (exact) mass is 446 g/mol. The minimum absolute atomic E-state index is 0.210. The molecule has 1 aliphatic heterocycles. The number of ether oxygens (including phenoxy) is 2. The molecule has 1 heterocycles. The first-order valence-electron chi connectivity index (χ1n) is 12.3. The molecule has 1 saturated heterocycles. The Labute approximate surface area is 194 Å². The van der Waals surface area contributed by atoms with Gasteiger partial charge in [0.25, 0.3) is 0 Å². The summed E-state index contributed by atoms with van der Waals surface area (Å²) in [4.78, 5) is 11.5. The van der Waals surface area contributed by atoms with E-state index >= 15 is 0 Å². The van der Waals surface area contributed by atoms with Gasteiger partial charge in [-0.15, -0.1) is 11.8 Å². The predicted octanol–water partition coefficient (Wildman–Crippen LogP) is 5.34. The van der Waals surface area contributed by atoms with Crippen LogP contribution in [0.3, 0.4) is 0 Å². The van der Waals surface area contributed by atoms with E-state index in [0.29, 0.717) is 37.2 Å². The van der Waals surface area contributed by atoms with Crippen molar-refractivity contribution in [3.63, 3.8) is 0 Å². The second-order valence-corrected chi connectivity index (χ2v) is 9.39. The molecule has 0 aromatic rings. The van der Waals surface area contributed by atoms with Crippen LogP contribution < -0.4 is 0 Å². The van der Waals surface area contributed by atoms with Gasteiger partial charge >= 0.3 is 5.97 Å². The fourth-order valence-electron chi connectivity index (χ4n) is 4.75. The smallest absolute Gasteiger partial charge is 0.332 e. The highest BCUT2D eigenvalue weighted by Gasteiger charge is 2.37. The minimum Gasteiger partial charge on any atom is -0.479 e. The maximum atomic E-state index is 11.5. The number of carboxylic acid groups (broad SMARTS) is 1. The molecule has 0 aromatic carbocycles. The summed E-state index contributed by atoms with van der Waals surface area (Å²) in [5.74, 6) is 6.66. The highest BCUT2D eigenvalue weighted by molar-refractivity contribution is 5.72. The molecular formula is C27H42O5. The summed E-state index contributed by atoms with van der Waals surface area (Å²) in [5, 5.41) is 20.0. The van der Waals surface area contributed by atoms with E-state index in [0.717, 1.165) is 44.9 Å². The van der Waals surface area contributed by atoms with Crippen molar-refractivity contribution in [1.29, 1.82) is 0 Å². The number of aliphatic hydroxyl groups is 1. The van der Waals surface area contributed by atoms with Gasteiger partial charge in [-0.2, -0.15) is 0 Å². The molecule has 1 saturated carbocycles. The quantitative estimate of drug-likeness (QED) is 0.313. The largest absolute Gasteiger partial charge is 0.479 e. The van der Waals surface area contributed by atoms with Crippen molar-refractivity contribution in [3.05, 3.63) is 24.3 Å². The van der Waals surface area contributed by atoms with Crippen LogP contribution in [0.2, 0.25) is 0 Å². The van der Waals surface area contributed by atoms with Crippen LogP contribution >= 0.6 is 0 Å². The molecular weight excluding hydrogens is 404 g/mol. The van der Waals surface area contributed by atoms with Crippen LogP contribution in [0.1, 0.15) is 78.6 Å². The van der Waals surface area contributed by atoms with E-state index in [9.17, 15) is 15.0 Å². The topological polar surface area (TPSA) is 76.0 Å². The van der Waals surface area contributed by atoms with Crippen molar-refractivity contribution in [2.75, 3.05) is 6.61 Å². The van der Waals surface area contributed by atoms with Crippen LogP contribution in [0, 0.1) is 35.5 Å². The van der Waals surface area contributed by atoms with Crippen LogP contribution in [0.5, 0.6) is 0 Å². The lowest BCUT2D eigenvalue weighted by Crippen LogP contribution is -2.32. The number of aliphatic hydroxyl groups excluding tert-OH is 1. The molecule has 0 radical (unpaired) electrons. The third-order valence-corrected chi connectivity index (χ3v) is 6.72.